The Kier molecular flexibility index (Phi) is 3.68. The highest BCUT2D eigenvalue weighted by Gasteiger charge is 2.07. The molecule has 0 unspecified atom stereocenters. The van der Waals surface area contributed by atoms with Crippen LogP contribution < -0.4 is 5.69 Å². The molecule has 0 aliphatic rings. The summed E-state index contributed by atoms with van der Waals surface area (Å²) in [6.45, 7) is 0.0211. The Labute approximate surface area is 111 Å². The number of nitrogens with zero attached hydrogens (tertiary/aromatic N) is 2. The van der Waals surface area contributed by atoms with Gasteiger partial charge in [-0.1, -0.05) is 12.1 Å². The van der Waals surface area contributed by atoms with Gasteiger partial charge in [0.05, 0.1) is 6.54 Å². The van der Waals surface area contributed by atoms with E-state index < -0.39 is 5.69 Å². The van der Waals surface area contributed by atoms with Crippen LogP contribution >= 0.6 is 22.6 Å². The number of hydrogen-bond donors (Lipinski definition) is 0. The lowest BCUT2D eigenvalue weighted by Crippen LogP contribution is -2.25. The zero-order valence-electron chi connectivity index (χ0n) is 8.84. The summed E-state index contributed by atoms with van der Waals surface area (Å²) in [7, 11) is 0. The monoisotopic (exact) mass is 340 g/mol. The van der Waals surface area contributed by atoms with Gasteiger partial charge in [-0.25, -0.2) is 9.78 Å². The Morgan fingerprint density at radius 3 is 2.65 bits per heavy atom. The van der Waals surface area contributed by atoms with E-state index in [-0.39, 0.29) is 12.3 Å². The Morgan fingerprint density at radius 1 is 1.29 bits per heavy atom. The van der Waals surface area contributed by atoms with E-state index in [1.807, 2.05) is 12.1 Å². The molecule has 5 heteroatoms. The average Bonchev–Trinajstić information content (AvgIpc) is 2.33. The molecular weight excluding hydrogens is 331 g/mol. The highest BCUT2D eigenvalue weighted by Crippen LogP contribution is 2.07. The molecule has 2 aromatic rings. The van der Waals surface area contributed by atoms with Gasteiger partial charge < -0.3 is 0 Å². The molecule has 0 radical (unpaired) electrons. The first-order valence-corrected chi connectivity index (χ1v) is 6.05. The maximum absolute atomic E-state index is 11.9. The lowest BCUT2D eigenvalue weighted by atomic mass is 10.1. The Hall–Kier alpha value is -1.50. The molecular formula is C12H9IN2O2. The van der Waals surface area contributed by atoms with Crippen LogP contribution in [0.2, 0.25) is 0 Å². The van der Waals surface area contributed by atoms with E-state index in [2.05, 4.69) is 27.6 Å². The van der Waals surface area contributed by atoms with Gasteiger partial charge in [-0.15, -0.1) is 0 Å². The maximum Gasteiger partial charge on any atom is 0.347 e. The van der Waals surface area contributed by atoms with Crippen molar-refractivity contribution in [2.75, 3.05) is 0 Å². The van der Waals surface area contributed by atoms with Crippen molar-refractivity contribution in [2.45, 2.75) is 6.54 Å². The largest absolute Gasteiger partial charge is 0.347 e. The summed E-state index contributed by atoms with van der Waals surface area (Å²) < 4.78 is 2.36. The van der Waals surface area contributed by atoms with Crippen LogP contribution in [0.15, 0.2) is 47.5 Å². The summed E-state index contributed by atoms with van der Waals surface area (Å²) >= 11 is 2.17. The molecule has 1 aromatic heterocycles. The molecule has 0 bridgehead atoms. The van der Waals surface area contributed by atoms with E-state index in [9.17, 15) is 9.59 Å². The number of Topliss-reactive ketones (excluding diaryl/α,β-unsaturated/α-hetero) is 1. The zero-order valence-corrected chi connectivity index (χ0v) is 11.0. The average molecular weight is 340 g/mol. The molecule has 0 fully saturated rings. The molecule has 0 aliphatic carbocycles. The molecule has 0 atom stereocenters. The van der Waals surface area contributed by atoms with Gasteiger partial charge in [0.25, 0.3) is 0 Å². The van der Waals surface area contributed by atoms with Crippen molar-refractivity contribution in [3.63, 3.8) is 0 Å². The molecule has 1 heterocycles. The highest BCUT2D eigenvalue weighted by molar-refractivity contribution is 14.1. The fraction of sp³-hybridized carbons (Fsp3) is 0.0833. The van der Waals surface area contributed by atoms with E-state index in [1.54, 1.807) is 24.4 Å². The fourth-order valence-corrected chi connectivity index (χ4v) is 1.75. The first kappa shape index (κ1) is 12.0. The van der Waals surface area contributed by atoms with E-state index in [1.165, 1.54) is 10.8 Å². The topological polar surface area (TPSA) is 52.0 Å². The third-order valence-electron chi connectivity index (χ3n) is 2.26. The summed E-state index contributed by atoms with van der Waals surface area (Å²) in [5.41, 5.74) is 0.188. The van der Waals surface area contributed by atoms with Gasteiger partial charge in [0.15, 0.2) is 5.78 Å². The summed E-state index contributed by atoms with van der Waals surface area (Å²) in [5, 5.41) is 0. The smallest absolute Gasteiger partial charge is 0.292 e. The predicted molar refractivity (Wildman–Crippen MR) is 72.0 cm³/mol. The van der Waals surface area contributed by atoms with E-state index in [0.717, 1.165) is 3.57 Å². The van der Waals surface area contributed by atoms with Gasteiger partial charge in [0, 0.05) is 21.5 Å². The zero-order chi connectivity index (χ0) is 12.3. The third-order valence-corrected chi connectivity index (χ3v) is 2.98. The van der Waals surface area contributed by atoms with Gasteiger partial charge in [-0.3, -0.25) is 9.36 Å². The molecule has 4 nitrogen and oxygen atoms in total. The van der Waals surface area contributed by atoms with Gasteiger partial charge >= 0.3 is 5.69 Å². The van der Waals surface area contributed by atoms with Crippen LogP contribution in [-0.4, -0.2) is 15.3 Å². The first-order chi connectivity index (χ1) is 8.16. The Balaban J connectivity index is 2.20. The molecule has 0 saturated carbocycles. The number of rotatable bonds is 3. The summed E-state index contributed by atoms with van der Waals surface area (Å²) in [5.74, 6) is -0.100. The molecule has 0 N–H and O–H groups in total. The van der Waals surface area contributed by atoms with E-state index in [4.69, 9.17) is 0 Å². The third kappa shape index (κ3) is 3.00. The van der Waals surface area contributed by atoms with Crippen LogP contribution in [0.1, 0.15) is 10.4 Å². The second-order valence-electron chi connectivity index (χ2n) is 3.46. The lowest BCUT2D eigenvalue weighted by Gasteiger charge is -2.03. The maximum atomic E-state index is 11.9. The van der Waals surface area contributed by atoms with E-state index in [0.29, 0.717) is 5.56 Å². The minimum Gasteiger partial charge on any atom is -0.292 e. The van der Waals surface area contributed by atoms with Crippen LogP contribution in [0.3, 0.4) is 0 Å². The molecule has 0 aliphatic heterocycles. The predicted octanol–water partition coefficient (Wildman–Crippen LogP) is 1.73. The van der Waals surface area contributed by atoms with Crippen molar-refractivity contribution in [1.29, 1.82) is 0 Å². The van der Waals surface area contributed by atoms with Gasteiger partial charge in [0.2, 0.25) is 0 Å². The van der Waals surface area contributed by atoms with Gasteiger partial charge in [0.1, 0.15) is 0 Å². The van der Waals surface area contributed by atoms with Gasteiger partial charge in [-0.2, -0.15) is 0 Å². The molecule has 1 aromatic carbocycles. The lowest BCUT2D eigenvalue weighted by molar-refractivity contribution is 0.0970. The van der Waals surface area contributed by atoms with Crippen molar-refractivity contribution in [3.05, 3.63) is 62.3 Å². The standard InChI is InChI=1S/C12H9IN2O2/c13-10-4-2-9(3-5-10)11(16)8-15-7-1-6-14-12(15)17/h1-7H,8H2. The highest BCUT2D eigenvalue weighted by atomic mass is 127. The van der Waals surface area contributed by atoms with Crippen LogP contribution in [-0.2, 0) is 6.54 Å². The molecule has 0 spiro atoms. The molecule has 2 rings (SSSR count). The first-order valence-electron chi connectivity index (χ1n) is 4.97. The number of ketones is 1. The number of hydrogen-bond acceptors (Lipinski definition) is 3. The number of carbonyl (C=O) groups is 1. The number of carbonyl (C=O) groups excluding carboxylic acids is 1. The Morgan fingerprint density at radius 2 is 2.00 bits per heavy atom. The SMILES string of the molecule is O=C(Cn1cccnc1=O)c1ccc(I)cc1. The van der Waals surface area contributed by atoms with Crippen molar-refractivity contribution in [3.8, 4) is 0 Å². The van der Waals surface area contributed by atoms with Crippen molar-refractivity contribution >= 4 is 28.4 Å². The quantitative estimate of drug-likeness (QED) is 0.632. The summed E-state index contributed by atoms with van der Waals surface area (Å²) in [6, 6.07) is 8.86. The van der Waals surface area contributed by atoms with Crippen LogP contribution in [0.4, 0.5) is 0 Å². The van der Waals surface area contributed by atoms with Crippen molar-refractivity contribution in [2.24, 2.45) is 0 Å². The van der Waals surface area contributed by atoms with Crippen LogP contribution in [0.5, 0.6) is 0 Å². The van der Waals surface area contributed by atoms with Crippen molar-refractivity contribution < 1.29 is 4.79 Å². The summed E-state index contributed by atoms with van der Waals surface area (Å²) in [6.07, 6.45) is 2.97. The fourth-order valence-electron chi connectivity index (χ4n) is 1.39. The summed E-state index contributed by atoms with van der Waals surface area (Å²) in [4.78, 5) is 26.8. The number of halogens is 1. The molecule has 17 heavy (non-hydrogen) atoms. The van der Waals surface area contributed by atoms with Crippen molar-refractivity contribution in [1.82, 2.24) is 9.55 Å². The molecule has 86 valence electrons. The number of aromatic nitrogens is 2. The van der Waals surface area contributed by atoms with Crippen LogP contribution in [0.25, 0.3) is 0 Å². The van der Waals surface area contributed by atoms with Gasteiger partial charge in [-0.05, 0) is 40.8 Å². The Bertz CT molecular complexity index is 590. The number of benzene rings is 1. The minimum atomic E-state index is -0.411. The molecule has 0 amide bonds. The second kappa shape index (κ2) is 5.22. The second-order valence-corrected chi connectivity index (χ2v) is 4.71. The van der Waals surface area contributed by atoms with Crippen LogP contribution in [0, 0.1) is 3.57 Å². The minimum absolute atomic E-state index is 0.0211. The molecule has 0 saturated heterocycles. The van der Waals surface area contributed by atoms with E-state index >= 15 is 0 Å². The normalized spacial score (nSPS) is 10.2.